The van der Waals surface area contributed by atoms with E-state index in [0.29, 0.717) is 26.3 Å². The summed E-state index contributed by atoms with van der Waals surface area (Å²) in [5.74, 6) is 2.30. The highest BCUT2D eigenvalue weighted by Gasteiger charge is 2.19. The Kier molecular flexibility index (Phi) is 5.68. The summed E-state index contributed by atoms with van der Waals surface area (Å²) >= 11 is 0. The molecule has 1 aliphatic rings. The Labute approximate surface area is 153 Å². The predicted octanol–water partition coefficient (Wildman–Crippen LogP) is 2.50. The Morgan fingerprint density at radius 3 is 2.62 bits per heavy atom. The highest BCUT2D eigenvalue weighted by Crippen LogP contribution is 2.31. The first-order chi connectivity index (χ1) is 12.5. The van der Waals surface area contributed by atoms with Crippen LogP contribution in [0.5, 0.6) is 11.5 Å². The highest BCUT2D eigenvalue weighted by atomic mass is 16.6. The molecule has 7 nitrogen and oxygen atoms in total. The fourth-order valence-electron chi connectivity index (χ4n) is 2.87. The van der Waals surface area contributed by atoms with Crippen LogP contribution in [0.3, 0.4) is 0 Å². The molecule has 2 aromatic rings. The number of urea groups is 1. The maximum Gasteiger partial charge on any atom is 0.317 e. The smallest absolute Gasteiger partial charge is 0.317 e. The SMILES string of the molecule is CN(Cc1ccc2c(c1)OCCO2)C(=O)NCC(c1ccco1)N(C)C. The van der Waals surface area contributed by atoms with Crippen LogP contribution >= 0.6 is 0 Å². The number of fused-ring (bicyclic) bond motifs is 1. The van der Waals surface area contributed by atoms with Gasteiger partial charge in [-0.05, 0) is 43.9 Å². The summed E-state index contributed by atoms with van der Waals surface area (Å²) in [6.07, 6.45) is 1.64. The minimum atomic E-state index is -0.140. The lowest BCUT2D eigenvalue weighted by molar-refractivity contribution is 0.171. The van der Waals surface area contributed by atoms with E-state index in [1.54, 1.807) is 18.2 Å². The molecule has 1 aromatic heterocycles. The molecule has 0 spiro atoms. The molecular weight excluding hydrogens is 334 g/mol. The van der Waals surface area contributed by atoms with E-state index in [0.717, 1.165) is 22.8 Å². The molecule has 140 valence electrons. The molecule has 2 amide bonds. The van der Waals surface area contributed by atoms with Crippen molar-refractivity contribution in [2.75, 3.05) is 40.9 Å². The molecule has 1 aliphatic heterocycles. The molecule has 0 saturated carbocycles. The molecule has 0 radical (unpaired) electrons. The summed E-state index contributed by atoms with van der Waals surface area (Å²) in [4.78, 5) is 16.1. The summed E-state index contributed by atoms with van der Waals surface area (Å²) in [7, 11) is 5.68. The standard InChI is InChI=1S/C19H25N3O4/c1-21(2)15(16-5-4-8-24-16)12-20-19(23)22(3)13-14-6-7-17-18(11-14)26-10-9-25-17/h4-8,11,15H,9-10,12-13H2,1-3H3,(H,20,23). The Bertz CT molecular complexity index is 730. The Morgan fingerprint density at radius 2 is 1.92 bits per heavy atom. The van der Waals surface area contributed by atoms with Gasteiger partial charge in [-0.3, -0.25) is 4.90 Å². The fourth-order valence-corrected chi connectivity index (χ4v) is 2.87. The maximum atomic E-state index is 12.4. The van der Waals surface area contributed by atoms with Crippen LogP contribution in [0.2, 0.25) is 0 Å². The van der Waals surface area contributed by atoms with Gasteiger partial charge in [-0.25, -0.2) is 4.79 Å². The van der Waals surface area contributed by atoms with E-state index in [2.05, 4.69) is 5.32 Å². The van der Waals surface area contributed by atoms with Gasteiger partial charge in [0.25, 0.3) is 0 Å². The van der Waals surface area contributed by atoms with Crippen molar-refractivity contribution in [3.8, 4) is 11.5 Å². The third-order valence-electron chi connectivity index (χ3n) is 4.31. The van der Waals surface area contributed by atoms with Crippen LogP contribution in [0, 0.1) is 0 Å². The van der Waals surface area contributed by atoms with Gasteiger partial charge in [0.2, 0.25) is 0 Å². The Morgan fingerprint density at radius 1 is 1.15 bits per heavy atom. The van der Waals surface area contributed by atoms with Crippen molar-refractivity contribution in [3.05, 3.63) is 47.9 Å². The normalized spacial score (nSPS) is 14.2. The van der Waals surface area contributed by atoms with E-state index >= 15 is 0 Å². The van der Waals surface area contributed by atoms with Crippen molar-refractivity contribution in [1.82, 2.24) is 15.1 Å². The molecule has 0 saturated heterocycles. The monoisotopic (exact) mass is 359 g/mol. The quantitative estimate of drug-likeness (QED) is 0.858. The van der Waals surface area contributed by atoms with E-state index in [-0.39, 0.29) is 12.1 Å². The minimum absolute atomic E-state index is 0.0170. The van der Waals surface area contributed by atoms with Crippen molar-refractivity contribution in [3.63, 3.8) is 0 Å². The van der Waals surface area contributed by atoms with Crippen molar-refractivity contribution >= 4 is 6.03 Å². The number of nitrogens with one attached hydrogen (secondary N) is 1. The Balaban J connectivity index is 1.56. The summed E-state index contributed by atoms with van der Waals surface area (Å²) < 4.78 is 16.6. The first-order valence-electron chi connectivity index (χ1n) is 8.62. The Hall–Kier alpha value is -2.67. The third kappa shape index (κ3) is 4.29. The van der Waals surface area contributed by atoms with Gasteiger partial charge in [-0.15, -0.1) is 0 Å². The first-order valence-corrected chi connectivity index (χ1v) is 8.62. The second-order valence-electron chi connectivity index (χ2n) is 6.51. The molecule has 1 N–H and O–H groups in total. The summed E-state index contributed by atoms with van der Waals surface area (Å²) in [5, 5.41) is 2.96. The van der Waals surface area contributed by atoms with Gasteiger partial charge in [-0.2, -0.15) is 0 Å². The number of hydrogen-bond acceptors (Lipinski definition) is 5. The average Bonchev–Trinajstić information content (AvgIpc) is 3.15. The molecule has 1 unspecified atom stereocenters. The molecule has 26 heavy (non-hydrogen) atoms. The van der Waals surface area contributed by atoms with E-state index in [1.165, 1.54) is 0 Å². The largest absolute Gasteiger partial charge is 0.486 e. The van der Waals surface area contributed by atoms with Crippen LogP contribution in [0.1, 0.15) is 17.4 Å². The molecule has 0 bridgehead atoms. The molecule has 0 aliphatic carbocycles. The first kappa shape index (κ1) is 18.1. The van der Waals surface area contributed by atoms with Gasteiger partial charge < -0.3 is 24.1 Å². The highest BCUT2D eigenvalue weighted by molar-refractivity contribution is 5.73. The van der Waals surface area contributed by atoms with E-state index < -0.39 is 0 Å². The van der Waals surface area contributed by atoms with Crippen molar-refractivity contribution in [2.24, 2.45) is 0 Å². The summed E-state index contributed by atoms with van der Waals surface area (Å²) in [6.45, 7) is 2.06. The lowest BCUT2D eigenvalue weighted by Gasteiger charge is -2.25. The van der Waals surface area contributed by atoms with Crippen LogP contribution < -0.4 is 14.8 Å². The van der Waals surface area contributed by atoms with Gasteiger partial charge in [0, 0.05) is 20.1 Å². The second-order valence-corrected chi connectivity index (χ2v) is 6.51. The zero-order valence-corrected chi connectivity index (χ0v) is 15.4. The summed E-state index contributed by atoms with van der Waals surface area (Å²) in [6, 6.07) is 9.35. The van der Waals surface area contributed by atoms with Gasteiger partial charge in [0.05, 0.1) is 12.3 Å². The van der Waals surface area contributed by atoms with Crippen molar-refractivity contribution in [1.29, 1.82) is 0 Å². The fraction of sp³-hybridized carbons (Fsp3) is 0.421. The van der Waals surface area contributed by atoms with Crippen LogP contribution in [-0.2, 0) is 6.54 Å². The van der Waals surface area contributed by atoms with Crippen LogP contribution in [-0.4, -0.2) is 56.7 Å². The molecule has 2 heterocycles. The number of amides is 2. The second kappa shape index (κ2) is 8.14. The van der Waals surface area contributed by atoms with Crippen LogP contribution in [0.15, 0.2) is 41.0 Å². The van der Waals surface area contributed by atoms with Gasteiger partial charge in [0.1, 0.15) is 19.0 Å². The topological polar surface area (TPSA) is 67.2 Å². The van der Waals surface area contributed by atoms with E-state index in [4.69, 9.17) is 13.9 Å². The van der Waals surface area contributed by atoms with Crippen molar-refractivity contribution < 1.29 is 18.7 Å². The number of nitrogens with zero attached hydrogens (tertiary/aromatic N) is 2. The number of ether oxygens (including phenoxy) is 2. The van der Waals surface area contributed by atoms with Gasteiger partial charge in [0.15, 0.2) is 11.5 Å². The van der Waals surface area contributed by atoms with E-state index in [9.17, 15) is 4.79 Å². The number of benzene rings is 1. The van der Waals surface area contributed by atoms with Crippen molar-refractivity contribution in [2.45, 2.75) is 12.6 Å². The zero-order chi connectivity index (χ0) is 18.5. The van der Waals surface area contributed by atoms with Crippen LogP contribution in [0.25, 0.3) is 0 Å². The summed E-state index contributed by atoms with van der Waals surface area (Å²) in [5.41, 5.74) is 0.988. The molecule has 3 rings (SSSR count). The van der Waals surface area contributed by atoms with Gasteiger partial charge in [-0.1, -0.05) is 6.07 Å². The molecule has 0 fully saturated rings. The number of furan rings is 1. The van der Waals surface area contributed by atoms with Gasteiger partial charge >= 0.3 is 6.03 Å². The van der Waals surface area contributed by atoms with E-state index in [1.807, 2.05) is 49.3 Å². The molecule has 7 heteroatoms. The number of likely N-dealkylation sites (N-methyl/N-ethyl adjacent to an activating group) is 1. The number of rotatable bonds is 6. The van der Waals surface area contributed by atoms with Crippen LogP contribution in [0.4, 0.5) is 4.79 Å². The maximum absolute atomic E-state index is 12.4. The lowest BCUT2D eigenvalue weighted by atomic mass is 10.2. The third-order valence-corrected chi connectivity index (χ3v) is 4.31. The average molecular weight is 359 g/mol. The molecular formula is C19H25N3O4. The lowest BCUT2D eigenvalue weighted by Crippen LogP contribution is -2.41. The molecule has 1 atom stereocenters. The number of hydrogen-bond donors (Lipinski definition) is 1. The molecule has 1 aromatic carbocycles. The minimum Gasteiger partial charge on any atom is -0.486 e. The predicted molar refractivity (Wildman–Crippen MR) is 97.4 cm³/mol. The zero-order valence-electron chi connectivity index (χ0n) is 15.4. The number of carbonyl (C=O) groups is 1. The number of carbonyl (C=O) groups excluding carboxylic acids is 1.